The molecule has 0 aromatic heterocycles. The van der Waals surface area contributed by atoms with Gasteiger partial charge in [0.05, 0.1) is 0 Å². The third-order valence-corrected chi connectivity index (χ3v) is 5.27. The van der Waals surface area contributed by atoms with Gasteiger partial charge in [-0.2, -0.15) is 0 Å². The summed E-state index contributed by atoms with van der Waals surface area (Å²) >= 11 is 0. The van der Waals surface area contributed by atoms with Crippen molar-refractivity contribution in [1.29, 1.82) is 0 Å². The van der Waals surface area contributed by atoms with Gasteiger partial charge in [0.1, 0.15) is 0 Å². The maximum absolute atomic E-state index is 12.1. The van der Waals surface area contributed by atoms with E-state index >= 15 is 0 Å². The Balaban J connectivity index is 1.60. The van der Waals surface area contributed by atoms with Crippen LogP contribution in [0.4, 0.5) is 0 Å². The van der Waals surface area contributed by atoms with Crippen LogP contribution in [0.25, 0.3) is 0 Å². The average Bonchev–Trinajstić information content (AvgIpc) is 2.74. The zero-order valence-corrected chi connectivity index (χ0v) is 13.9. The van der Waals surface area contributed by atoms with Crippen LogP contribution in [0.2, 0.25) is 0 Å². The Morgan fingerprint density at radius 3 is 2.62 bits per heavy atom. The van der Waals surface area contributed by atoms with Crippen LogP contribution in [0.3, 0.4) is 0 Å². The minimum absolute atomic E-state index is 0.361. The summed E-state index contributed by atoms with van der Waals surface area (Å²) in [5.74, 6) is 1.32. The number of likely N-dealkylation sites (tertiary alicyclic amines) is 1. The molecule has 1 saturated carbocycles. The van der Waals surface area contributed by atoms with Gasteiger partial charge in [-0.05, 0) is 44.4 Å². The predicted octanol–water partition coefficient (Wildman–Crippen LogP) is 3.73. The van der Waals surface area contributed by atoms with E-state index in [9.17, 15) is 4.79 Å². The molecule has 1 heterocycles. The topological polar surface area (TPSA) is 32.3 Å². The maximum Gasteiger partial charge on any atom is 0.223 e. The molecule has 21 heavy (non-hydrogen) atoms. The average molecular weight is 294 g/mol. The van der Waals surface area contributed by atoms with Crippen molar-refractivity contribution in [1.82, 2.24) is 10.2 Å². The van der Waals surface area contributed by atoms with E-state index in [4.69, 9.17) is 0 Å². The molecule has 1 saturated heterocycles. The maximum atomic E-state index is 12.1. The number of carbonyl (C=O) groups is 1. The predicted molar refractivity (Wildman–Crippen MR) is 88.3 cm³/mol. The van der Waals surface area contributed by atoms with Gasteiger partial charge in [-0.3, -0.25) is 4.79 Å². The third-order valence-electron chi connectivity index (χ3n) is 5.27. The van der Waals surface area contributed by atoms with Crippen molar-refractivity contribution in [3.05, 3.63) is 0 Å². The Hall–Kier alpha value is -0.570. The van der Waals surface area contributed by atoms with Crippen molar-refractivity contribution >= 4 is 5.91 Å². The second kappa shape index (κ2) is 9.45. The van der Waals surface area contributed by atoms with Crippen LogP contribution < -0.4 is 5.32 Å². The highest BCUT2D eigenvalue weighted by Gasteiger charge is 2.19. The molecule has 2 fully saturated rings. The fourth-order valence-corrected chi connectivity index (χ4v) is 3.96. The number of nitrogens with zero attached hydrogens (tertiary/aromatic N) is 1. The molecule has 0 aromatic carbocycles. The smallest absolute Gasteiger partial charge is 0.223 e. The Morgan fingerprint density at radius 2 is 1.86 bits per heavy atom. The summed E-state index contributed by atoms with van der Waals surface area (Å²) in [7, 11) is 0. The van der Waals surface area contributed by atoms with Gasteiger partial charge in [-0.25, -0.2) is 0 Å². The van der Waals surface area contributed by atoms with Crippen molar-refractivity contribution < 1.29 is 4.79 Å². The van der Waals surface area contributed by atoms with E-state index < -0.39 is 0 Å². The molecule has 2 rings (SSSR count). The second-order valence-corrected chi connectivity index (χ2v) is 7.01. The lowest BCUT2D eigenvalue weighted by atomic mass is 9.95. The molecule has 0 spiro atoms. The van der Waals surface area contributed by atoms with Crippen molar-refractivity contribution in [2.75, 3.05) is 19.6 Å². The number of nitrogens with one attached hydrogen (secondary N) is 1. The number of amides is 1. The first kappa shape index (κ1) is 16.8. The van der Waals surface area contributed by atoms with Crippen molar-refractivity contribution in [2.24, 2.45) is 5.92 Å². The first-order valence-corrected chi connectivity index (χ1v) is 9.30. The third kappa shape index (κ3) is 5.98. The number of piperidine rings is 1. The normalized spacial score (nSPS) is 27.4. The van der Waals surface area contributed by atoms with Gasteiger partial charge in [0.15, 0.2) is 0 Å². The molecular formula is C18H34N2O. The zero-order valence-electron chi connectivity index (χ0n) is 13.9. The van der Waals surface area contributed by atoms with Crippen LogP contribution in [0.15, 0.2) is 0 Å². The van der Waals surface area contributed by atoms with Gasteiger partial charge < -0.3 is 10.2 Å². The molecule has 2 unspecified atom stereocenters. The Kier molecular flexibility index (Phi) is 7.56. The molecule has 2 aliphatic rings. The molecule has 1 N–H and O–H groups in total. The summed E-state index contributed by atoms with van der Waals surface area (Å²) in [4.78, 5) is 14.2. The second-order valence-electron chi connectivity index (χ2n) is 7.01. The van der Waals surface area contributed by atoms with Gasteiger partial charge in [0.2, 0.25) is 5.91 Å². The lowest BCUT2D eigenvalue weighted by molar-refractivity contribution is -0.132. The highest BCUT2D eigenvalue weighted by Crippen LogP contribution is 2.26. The van der Waals surface area contributed by atoms with Gasteiger partial charge in [0.25, 0.3) is 0 Å². The Bertz CT molecular complexity index is 300. The molecule has 0 aromatic rings. The summed E-state index contributed by atoms with van der Waals surface area (Å²) in [6.07, 6.45) is 13.9. The number of hydrogen-bond acceptors (Lipinski definition) is 2. The van der Waals surface area contributed by atoms with Gasteiger partial charge in [-0.15, -0.1) is 0 Å². The molecular weight excluding hydrogens is 260 g/mol. The zero-order chi connectivity index (χ0) is 14.9. The molecule has 1 aliphatic heterocycles. The van der Waals surface area contributed by atoms with Crippen LogP contribution >= 0.6 is 0 Å². The first-order chi connectivity index (χ1) is 10.3. The van der Waals surface area contributed by atoms with Crippen LogP contribution in [0, 0.1) is 5.92 Å². The standard InChI is InChI=1S/C18H34N2O/c1-2-7-16-8-6-9-17(11-10-16)19-13-12-18(21)20-14-4-3-5-15-20/h16-17,19H,2-15H2,1H3. The van der Waals surface area contributed by atoms with Crippen LogP contribution in [-0.2, 0) is 4.79 Å². The summed E-state index contributed by atoms with van der Waals surface area (Å²) in [6, 6.07) is 0.654. The highest BCUT2D eigenvalue weighted by atomic mass is 16.2. The lowest BCUT2D eigenvalue weighted by Gasteiger charge is -2.27. The summed E-state index contributed by atoms with van der Waals surface area (Å²) in [6.45, 7) is 5.15. The van der Waals surface area contributed by atoms with Crippen molar-refractivity contribution in [3.8, 4) is 0 Å². The van der Waals surface area contributed by atoms with E-state index in [1.165, 1.54) is 64.2 Å². The Labute approximate surface area is 130 Å². The minimum Gasteiger partial charge on any atom is -0.343 e. The van der Waals surface area contributed by atoms with Crippen LogP contribution in [0.5, 0.6) is 0 Å². The van der Waals surface area contributed by atoms with E-state index in [0.29, 0.717) is 18.4 Å². The molecule has 2 atom stereocenters. The molecule has 1 amide bonds. The van der Waals surface area contributed by atoms with Gasteiger partial charge >= 0.3 is 0 Å². The number of rotatable bonds is 6. The SMILES string of the molecule is CCCC1CCCC(NCCC(=O)N2CCCCC2)CC1. The Morgan fingerprint density at radius 1 is 1.05 bits per heavy atom. The quantitative estimate of drug-likeness (QED) is 0.757. The molecule has 0 bridgehead atoms. The van der Waals surface area contributed by atoms with Crippen molar-refractivity contribution in [3.63, 3.8) is 0 Å². The van der Waals surface area contributed by atoms with E-state index in [1.807, 2.05) is 0 Å². The van der Waals surface area contributed by atoms with Gasteiger partial charge in [-0.1, -0.05) is 32.6 Å². The van der Waals surface area contributed by atoms with E-state index in [0.717, 1.165) is 25.6 Å². The number of carbonyl (C=O) groups excluding carboxylic acids is 1. The fraction of sp³-hybridized carbons (Fsp3) is 0.944. The first-order valence-electron chi connectivity index (χ1n) is 9.30. The van der Waals surface area contributed by atoms with Crippen LogP contribution in [0.1, 0.15) is 77.6 Å². The lowest BCUT2D eigenvalue weighted by Crippen LogP contribution is -2.38. The molecule has 3 heteroatoms. The van der Waals surface area contributed by atoms with E-state index in [1.54, 1.807) is 0 Å². The molecule has 1 aliphatic carbocycles. The molecule has 3 nitrogen and oxygen atoms in total. The van der Waals surface area contributed by atoms with Crippen LogP contribution in [-0.4, -0.2) is 36.5 Å². The van der Waals surface area contributed by atoms with E-state index in [-0.39, 0.29) is 0 Å². The fourth-order valence-electron chi connectivity index (χ4n) is 3.96. The number of hydrogen-bond donors (Lipinski definition) is 1. The summed E-state index contributed by atoms with van der Waals surface area (Å²) in [5, 5.41) is 3.65. The van der Waals surface area contributed by atoms with E-state index in [2.05, 4.69) is 17.1 Å². The van der Waals surface area contributed by atoms with Gasteiger partial charge in [0, 0.05) is 32.1 Å². The monoisotopic (exact) mass is 294 g/mol. The molecule has 0 radical (unpaired) electrons. The van der Waals surface area contributed by atoms with Crippen molar-refractivity contribution in [2.45, 2.75) is 83.6 Å². The largest absolute Gasteiger partial charge is 0.343 e. The minimum atomic E-state index is 0.361. The summed E-state index contributed by atoms with van der Waals surface area (Å²) < 4.78 is 0. The molecule has 122 valence electrons. The highest BCUT2D eigenvalue weighted by molar-refractivity contribution is 5.76. The summed E-state index contributed by atoms with van der Waals surface area (Å²) in [5.41, 5.74) is 0.